The van der Waals surface area contributed by atoms with Crippen LogP contribution in [0.2, 0.25) is 0 Å². The van der Waals surface area contributed by atoms with Crippen molar-refractivity contribution in [1.82, 2.24) is 4.90 Å². The molecule has 1 aromatic rings. The largest absolute Gasteiger partial charge is 0.508 e. The molecular weight excluding hydrogens is 190 g/mol. The summed E-state index contributed by atoms with van der Waals surface area (Å²) in [5.74, 6) is 0.337. The number of rotatable bonds is 3. The van der Waals surface area contributed by atoms with Crippen molar-refractivity contribution in [1.29, 1.82) is 0 Å². The van der Waals surface area contributed by atoms with Gasteiger partial charge in [0.05, 0.1) is 6.61 Å². The third kappa shape index (κ3) is 2.70. The van der Waals surface area contributed by atoms with E-state index >= 15 is 0 Å². The van der Waals surface area contributed by atoms with Crippen LogP contribution in [0.1, 0.15) is 12.0 Å². The summed E-state index contributed by atoms with van der Waals surface area (Å²) in [6, 6.07) is 7.94. The average Bonchev–Trinajstić information content (AvgIpc) is 2.70. The molecule has 0 aromatic heterocycles. The highest BCUT2D eigenvalue weighted by atomic mass is 16.5. The Bertz CT molecular complexity index is 321. The van der Waals surface area contributed by atoms with Gasteiger partial charge in [-0.1, -0.05) is 12.1 Å². The molecule has 0 saturated carbocycles. The minimum atomic E-state index is 0.337. The van der Waals surface area contributed by atoms with E-state index in [2.05, 4.69) is 11.9 Å². The molecule has 1 atom stereocenters. The van der Waals surface area contributed by atoms with Gasteiger partial charge in [0.1, 0.15) is 5.75 Å². The van der Waals surface area contributed by atoms with Crippen LogP contribution >= 0.6 is 0 Å². The van der Waals surface area contributed by atoms with Gasteiger partial charge in [0.15, 0.2) is 0 Å². The molecule has 1 saturated heterocycles. The predicted molar refractivity (Wildman–Crippen MR) is 58.8 cm³/mol. The number of ether oxygens (including phenoxy) is 1. The molecule has 0 amide bonds. The van der Waals surface area contributed by atoms with Crippen LogP contribution in [-0.4, -0.2) is 36.3 Å². The summed E-state index contributed by atoms with van der Waals surface area (Å²) in [7, 11) is 2.10. The van der Waals surface area contributed by atoms with Crippen molar-refractivity contribution >= 4 is 0 Å². The lowest BCUT2D eigenvalue weighted by Gasteiger charge is -2.22. The number of hydrogen-bond donors (Lipinski definition) is 1. The van der Waals surface area contributed by atoms with Crippen molar-refractivity contribution in [3.05, 3.63) is 29.8 Å². The fourth-order valence-electron chi connectivity index (χ4n) is 1.94. The molecule has 1 aromatic carbocycles. The Morgan fingerprint density at radius 3 is 3.07 bits per heavy atom. The number of aromatic hydroxyl groups is 1. The summed E-state index contributed by atoms with van der Waals surface area (Å²) in [4.78, 5) is 2.28. The highest BCUT2D eigenvalue weighted by molar-refractivity contribution is 5.27. The van der Waals surface area contributed by atoms with E-state index in [-0.39, 0.29) is 0 Å². The van der Waals surface area contributed by atoms with Crippen LogP contribution in [0.25, 0.3) is 0 Å². The quantitative estimate of drug-likeness (QED) is 0.817. The standard InChI is InChI=1S/C12H17NO2/c1-13(11-5-6-15-9-11)8-10-3-2-4-12(14)7-10/h2-4,7,11,14H,5-6,8-9H2,1H3. The van der Waals surface area contributed by atoms with E-state index in [9.17, 15) is 5.11 Å². The molecule has 1 N–H and O–H groups in total. The normalized spacial score (nSPS) is 21.1. The first-order valence-corrected chi connectivity index (χ1v) is 5.31. The summed E-state index contributed by atoms with van der Waals surface area (Å²) < 4.78 is 5.35. The van der Waals surface area contributed by atoms with Crippen LogP contribution in [-0.2, 0) is 11.3 Å². The van der Waals surface area contributed by atoms with Gasteiger partial charge in [0, 0.05) is 19.2 Å². The molecule has 1 aliphatic rings. The van der Waals surface area contributed by atoms with E-state index in [0.717, 1.165) is 31.7 Å². The molecule has 1 aliphatic heterocycles. The second-order valence-corrected chi connectivity index (χ2v) is 4.10. The van der Waals surface area contributed by atoms with E-state index in [4.69, 9.17) is 4.74 Å². The van der Waals surface area contributed by atoms with Crippen LogP contribution < -0.4 is 0 Å². The summed E-state index contributed by atoms with van der Waals surface area (Å²) in [5, 5.41) is 9.35. The van der Waals surface area contributed by atoms with Crippen molar-refractivity contribution in [2.45, 2.75) is 19.0 Å². The van der Waals surface area contributed by atoms with Gasteiger partial charge in [0.2, 0.25) is 0 Å². The van der Waals surface area contributed by atoms with Gasteiger partial charge in [-0.15, -0.1) is 0 Å². The molecule has 3 nitrogen and oxygen atoms in total. The highest BCUT2D eigenvalue weighted by Crippen LogP contribution is 2.16. The van der Waals surface area contributed by atoms with Crippen molar-refractivity contribution in [3.63, 3.8) is 0 Å². The molecule has 1 fully saturated rings. The molecule has 82 valence electrons. The van der Waals surface area contributed by atoms with Crippen LogP contribution in [0.15, 0.2) is 24.3 Å². The summed E-state index contributed by atoms with van der Waals surface area (Å²) in [6.45, 7) is 2.56. The van der Waals surface area contributed by atoms with Gasteiger partial charge in [-0.3, -0.25) is 4.90 Å². The zero-order valence-electron chi connectivity index (χ0n) is 9.02. The highest BCUT2D eigenvalue weighted by Gasteiger charge is 2.19. The molecule has 1 heterocycles. The number of nitrogens with zero attached hydrogens (tertiary/aromatic N) is 1. The van der Waals surface area contributed by atoms with Crippen LogP contribution in [0, 0.1) is 0 Å². The van der Waals surface area contributed by atoms with E-state index in [1.165, 1.54) is 0 Å². The summed E-state index contributed by atoms with van der Waals surface area (Å²) >= 11 is 0. The van der Waals surface area contributed by atoms with Crippen molar-refractivity contribution in [3.8, 4) is 5.75 Å². The van der Waals surface area contributed by atoms with E-state index in [0.29, 0.717) is 11.8 Å². The molecule has 0 aliphatic carbocycles. The Morgan fingerprint density at radius 1 is 1.53 bits per heavy atom. The molecule has 0 radical (unpaired) electrons. The zero-order chi connectivity index (χ0) is 10.7. The number of hydrogen-bond acceptors (Lipinski definition) is 3. The van der Waals surface area contributed by atoms with Crippen LogP contribution in [0.4, 0.5) is 0 Å². The molecule has 3 heteroatoms. The Hall–Kier alpha value is -1.06. The molecule has 2 rings (SSSR count). The number of phenols is 1. The smallest absolute Gasteiger partial charge is 0.115 e. The van der Waals surface area contributed by atoms with Gasteiger partial charge >= 0.3 is 0 Å². The second kappa shape index (κ2) is 4.64. The topological polar surface area (TPSA) is 32.7 Å². The molecule has 15 heavy (non-hydrogen) atoms. The van der Waals surface area contributed by atoms with Crippen LogP contribution in [0.3, 0.4) is 0 Å². The third-order valence-corrected chi connectivity index (χ3v) is 2.87. The van der Waals surface area contributed by atoms with E-state index in [1.807, 2.05) is 18.2 Å². The Labute approximate surface area is 90.3 Å². The summed E-state index contributed by atoms with van der Waals surface area (Å²) in [6.07, 6.45) is 1.11. The lowest BCUT2D eigenvalue weighted by molar-refractivity contribution is 0.156. The molecular formula is C12H17NO2. The van der Waals surface area contributed by atoms with Gasteiger partial charge in [-0.25, -0.2) is 0 Å². The van der Waals surface area contributed by atoms with E-state index in [1.54, 1.807) is 6.07 Å². The Morgan fingerprint density at radius 2 is 2.40 bits per heavy atom. The van der Waals surface area contributed by atoms with Gasteiger partial charge in [-0.2, -0.15) is 0 Å². The molecule has 0 bridgehead atoms. The van der Waals surface area contributed by atoms with Gasteiger partial charge < -0.3 is 9.84 Å². The maximum absolute atomic E-state index is 9.35. The van der Waals surface area contributed by atoms with Crippen molar-refractivity contribution in [2.75, 3.05) is 20.3 Å². The minimum absolute atomic E-state index is 0.337. The first kappa shape index (κ1) is 10.5. The zero-order valence-corrected chi connectivity index (χ0v) is 9.02. The fraction of sp³-hybridized carbons (Fsp3) is 0.500. The van der Waals surface area contributed by atoms with E-state index < -0.39 is 0 Å². The second-order valence-electron chi connectivity index (χ2n) is 4.10. The summed E-state index contributed by atoms with van der Waals surface area (Å²) in [5.41, 5.74) is 1.14. The number of likely N-dealkylation sites (N-methyl/N-ethyl adjacent to an activating group) is 1. The first-order valence-electron chi connectivity index (χ1n) is 5.31. The molecule has 0 spiro atoms. The molecule has 1 unspecified atom stereocenters. The minimum Gasteiger partial charge on any atom is -0.508 e. The van der Waals surface area contributed by atoms with Crippen LogP contribution in [0.5, 0.6) is 5.75 Å². The Kier molecular flexibility index (Phi) is 3.23. The first-order chi connectivity index (χ1) is 7.25. The lowest BCUT2D eigenvalue weighted by atomic mass is 10.1. The monoisotopic (exact) mass is 207 g/mol. The van der Waals surface area contributed by atoms with Crippen molar-refractivity contribution in [2.24, 2.45) is 0 Å². The fourth-order valence-corrected chi connectivity index (χ4v) is 1.94. The third-order valence-electron chi connectivity index (χ3n) is 2.87. The lowest BCUT2D eigenvalue weighted by Crippen LogP contribution is -2.31. The predicted octanol–water partition coefficient (Wildman–Crippen LogP) is 1.61. The Balaban J connectivity index is 1.95. The SMILES string of the molecule is CN(Cc1cccc(O)c1)C1CCOC1. The number of phenolic OH excluding ortho intramolecular Hbond substituents is 1. The maximum Gasteiger partial charge on any atom is 0.115 e. The number of benzene rings is 1. The van der Waals surface area contributed by atoms with Gasteiger partial charge in [-0.05, 0) is 31.2 Å². The van der Waals surface area contributed by atoms with Gasteiger partial charge in [0.25, 0.3) is 0 Å². The average molecular weight is 207 g/mol. The van der Waals surface area contributed by atoms with Crippen molar-refractivity contribution < 1.29 is 9.84 Å². The maximum atomic E-state index is 9.35.